The SMILES string of the molecule is O=C1CCc2ccc3c(c21)COC3. The first-order valence-corrected chi connectivity index (χ1v) is 4.61. The number of Topliss-reactive ketones (excluding diaryl/α,β-unsaturated/α-hetero) is 1. The fourth-order valence-electron chi connectivity index (χ4n) is 2.23. The van der Waals surface area contributed by atoms with Gasteiger partial charge in [-0.1, -0.05) is 12.1 Å². The quantitative estimate of drug-likeness (QED) is 0.600. The molecule has 0 amide bonds. The van der Waals surface area contributed by atoms with E-state index in [1.54, 1.807) is 0 Å². The Bertz CT molecular complexity index is 393. The van der Waals surface area contributed by atoms with Crippen LogP contribution in [0.3, 0.4) is 0 Å². The first kappa shape index (κ1) is 7.27. The summed E-state index contributed by atoms with van der Waals surface area (Å²) in [5.74, 6) is 0.303. The molecular weight excluding hydrogens is 164 g/mol. The van der Waals surface area contributed by atoms with E-state index in [9.17, 15) is 4.79 Å². The van der Waals surface area contributed by atoms with Gasteiger partial charge < -0.3 is 4.74 Å². The minimum atomic E-state index is 0.303. The predicted molar refractivity (Wildman–Crippen MR) is 47.6 cm³/mol. The van der Waals surface area contributed by atoms with Crippen LogP contribution in [-0.4, -0.2) is 5.78 Å². The van der Waals surface area contributed by atoms with Crippen LogP contribution in [0.5, 0.6) is 0 Å². The lowest BCUT2D eigenvalue weighted by Gasteiger charge is -2.03. The van der Waals surface area contributed by atoms with Crippen LogP contribution in [0.1, 0.15) is 33.5 Å². The van der Waals surface area contributed by atoms with Gasteiger partial charge in [0, 0.05) is 12.0 Å². The second kappa shape index (κ2) is 2.42. The molecule has 0 bridgehead atoms. The molecule has 66 valence electrons. The topological polar surface area (TPSA) is 26.3 Å². The summed E-state index contributed by atoms with van der Waals surface area (Å²) in [6.07, 6.45) is 1.60. The molecule has 1 aliphatic carbocycles. The molecule has 0 fully saturated rings. The third-order valence-electron chi connectivity index (χ3n) is 2.90. The fraction of sp³-hybridized carbons (Fsp3) is 0.364. The van der Waals surface area contributed by atoms with Crippen molar-refractivity contribution in [2.24, 2.45) is 0 Å². The third kappa shape index (κ3) is 0.893. The van der Waals surface area contributed by atoms with E-state index >= 15 is 0 Å². The average Bonchev–Trinajstić information content (AvgIpc) is 2.70. The van der Waals surface area contributed by atoms with Crippen LogP contribution < -0.4 is 0 Å². The number of ketones is 1. The summed E-state index contributed by atoms with van der Waals surface area (Å²) in [4.78, 5) is 11.6. The summed E-state index contributed by atoms with van der Waals surface area (Å²) in [6.45, 7) is 1.31. The number of ether oxygens (including phenoxy) is 1. The van der Waals surface area contributed by atoms with Crippen molar-refractivity contribution < 1.29 is 9.53 Å². The zero-order valence-corrected chi connectivity index (χ0v) is 7.30. The molecule has 2 nitrogen and oxygen atoms in total. The number of aryl methyl sites for hydroxylation is 1. The van der Waals surface area contributed by atoms with Crippen LogP contribution in [0.4, 0.5) is 0 Å². The monoisotopic (exact) mass is 174 g/mol. The van der Waals surface area contributed by atoms with Gasteiger partial charge in [-0.3, -0.25) is 4.79 Å². The molecule has 2 aliphatic rings. The molecule has 0 spiro atoms. The Hall–Kier alpha value is -1.15. The van der Waals surface area contributed by atoms with Crippen molar-refractivity contribution in [1.29, 1.82) is 0 Å². The Morgan fingerprint density at radius 2 is 1.92 bits per heavy atom. The first-order chi connectivity index (χ1) is 6.36. The third-order valence-corrected chi connectivity index (χ3v) is 2.90. The molecule has 1 aromatic rings. The average molecular weight is 174 g/mol. The Kier molecular flexibility index (Phi) is 1.35. The molecule has 0 unspecified atom stereocenters. The highest BCUT2D eigenvalue weighted by atomic mass is 16.5. The van der Waals surface area contributed by atoms with E-state index in [1.807, 2.05) is 0 Å². The van der Waals surface area contributed by atoms with Crippen molar-refractivity contribution in [2.75, 3.05) is 0 Å². The number of hydrogen-bond donors (Lipinski definition) is 0. The van der Waals surface area contributed by atoms with Gasteiger partial charge in [-0.25, -0.2) is 0 Å². The molecule has 3 rings (SSSR count). The summed E-state index contributed by atoms with van der Waals surface area (Å²) < 4.78 is 5.34. The summed E-state index contributed by atoms with van der Waals surface area (Å²) in [5, 5.41) is 0. The Labute approximate surface area is 76.5 Å². The predicted octanol–water partition coefficient (Wildman–Crippen LogP) is 1.85. The van der Waals surface area contributed by atoms with Crippen LogP contribution in [0.15, 0.2) is 12.1 Å². The maximum absolute atomic E-state index is 11.6. The van der Waals surface area contributed by atoms with Crippen LogP contribution in [0.2, 0.25) is 0 Å². The van der Waals surface area contributed by atoms with E-state index < -0.39 is 0 Å². The van der Waals surface area contributed by atoms with Crippen molar-refractivity contribution in [3.05, 3.63) is 34.4 Å². The molecule has 2 heteroatoms. The zero-order chi connectivity index (χ0) is 8.84. The first-order valence-electron chi connectivity index (χ1n) is 4.61. The number of rotatable bonds is 0. The highest BCUT2D eigenvalue weighted by molar-refractivity contribution is 6.02. The minimum Gasteiger partial charge on any atom is -0.372 e. The van der Waals surface area contributed by atoms with E-state index in [0.717, 1.165) is 17.5 Å². The molecule has 1 heterocycles. The van der Waals surface area contributed by atoms with Crippen LogP contribution in [-0.2, 0) is 24.4 Å². The van der Waals surface area contributed by atoms with Gasteiger partial charge in [0.25, 0.3) is 0 Å². The molecule has 0 saturated heterocycles. The highest BCUT2D eigenvalue weighted by Crippen LogP contribution is 2.31. The lowest BCUT2D eigenvalue weighted by molar-refractivity contribution is 0.0989. The number of hydrogen-bond acceptors (Lipinski definition) is 2. The molecule has 0 radical (unpaired) electrons. The second-order valence-electron chi connectivity index (χ2n) is 3.65. The largest absolute Gasteiger partial charge is 0.372 e. The molecule has 0 aromatic heterocycles. The second-order valence-corrected chi connectivity index (χ2v) is 3.65. The molecule has 0 saturated carbocycles. The molecule has 0 atom stereocenters. The number of carbonyl (C=O) groups is 1. The van der Waals surface area contributed by atoms with Crippen molar-refractivity contribution in [3.63, 3.8) is 0 Å². The summed E-state index contributed by atoms with van der Waals surface area (Å²) in [5.41, 5.74) is 4.54. The lowest BCUT2D eigenvalue weighted by atomic mass is 9.99. The molecule has 0 N–H and O–H groups in total. The van der Waals surface area contributed by atoms with E-state index in [-0.39, 0.29) is 0 Å². The Morgan fingerprint density at radius 1 is 1.08 bits per heavy atom. The van der Waals surface area contributed by atoms with Gasteiger partial charge in [-0.05, 0) is 23.1 Å². The molecule has 13 heavy (non-hydrogen) atoms. The Morgan fingerprint density at radius 3 is 2.85 bits per heavy atom. The maximum Gasteiger partial charge on any atom is 0.163 e. The van der Waals surface area contributed by atoms with Gasteiger partial charge in [0.2, 0.25) is 0 Å². The fourth-order valence-corrected chi connectivity index (χ4v) is 2.23. The minimum absolute atomic E-state index is 0.303. The van der Waals surface area contributed by atoms with E-state index in [1.165, 1.54) is 11.1 Å². The summed E-state index contributed by atoms with van der Waals surface area (Å²) >= 11 is 0. The van der Waals surface area contributed by atoms with Gasteiger partial charge in [0.05, 0.1) is 13.2 Å². The number of carbonyl (C=O) groups excluding carboxylic acids is 1. The van der Waals surface area contributed by atoms with Crippen LogP contribution in [0.25, 0.3) is 0 Å². The van der Waals surface area contributed by atoms with E-state index in [4.69, 9.17) is 4.74 Å². The van der Waals surface area contributed by atoms with E-state index in [2.05, 4.69) is 12.1 Å². The van der Waals surface area contributed by atoms with Crippen molar-refractivity contribution in [3.8, 4) is 0 Å². The molecule has 1 aromatic carbocycles. The summed E-state index contributed by atoms with van der Waals surface area (Å²) in [6, 6.07) is 4.17. The van der Waals surface area contributed by atoms with Crippen LogP contribution >= 0.6 is 0 Å². The van der Waals surface area contributed by atoms with Crippen LogP contribution in [0, 0.1) is 0 Å². The maximum atomic E-state index is 11.6. The normalized spacial score (nSPS) is 18.9. The number of benzene rings is 1. The summed E-state index contributed by atoms with van der Waals surface area (Å²) in [7, 11) is 0. The Balaban J connectivity index is 2.29. The van der Waals surface area contributed by atoms with Gasteiger partial charge >= 0.3 is 0 Å². The number of fused-ring (bicyclic) bond motifs is 3. The lowest BCUT2D eigenvalue weighted by Crippen LogP contribution is -1.98. The zero-order valence-electron chi connectivity index (χ0n) is 7.30. The smallest absolute Gasteiger partial charge is 0.163 e. The van der Waals surface area contributed by atoms with Crippen molar-refractivity contribution in [1.82, 2.24) is 0 Å². The van der Waals surface area contributed by atoms with Crippen molar-refractivity contribution >= 4 is 5.78 Å². The van der Waals surface area contributed by atoms with Gasteiger partial charge in [-0.2, -0.15) is 0 Å². The molecular formula is C11H10O2. The molecule has 1 aliphatic heterocycles. The van der Waals surface area contributed by atoms with Gasteiger partial charge in [0.1, 0.15) is 0 Å². The highest BCUT2D eigenvalue weighted by Gasteiger charge is 2.26. The van der Waals surface area contributed by atoms with Gasteiger partial charge in [0.15, 0.2) is 5.78 Å². The standard InChI is InChI=1S/C11H10O2/c12-10-4-3-7-1-2-8-5-13-6-9(8)11(7)10/h1-2H,3-6H2. The van der Waals surface area contributed by atoms with Gasteiger partial charge in [-0.15, -0.1) is 0 Å². The van der Waals surface area contributed by atoms with E-state index in [0.29, 0.717) is 25.4 Å². The van der Waals surface area contributed by atoms with Crippen molar-refractivity contribution in [2.45, 2.75) is 26.1 Å².